The van der Waals surface area contributed by atoms with Crippen LogP contribution in [0, 0.1) is 0 Å². The molecule has 10 heteroatoms. The van der Waals surface area contributed by atoms with Crippen LogP contribution in [0.3, 0.4) is 0 Å². The average Bonchev–Trinajstić information content (AvgIpc) is 2.99. The highest BCUT2D eigenvalue weighted by atomic mass is 35.5. The molecule has 0 fully saturated rings. The van der Waals surface area contributed by atoms with Gasteiger partial charge >= 0.3 is 0 Å². The van der Waals surface area contributed by atoms with Crippen LogP contribution in [0.25, 0.3) is 0 Å². The van der Waals surface area contributed by atoms with E-state index in [1.54, 1.807) is 24.4 Å². The number of hydrogen-bond acceptors (Lipinski definition) is 4. The Morgan fingerprint density at radius 3 is 2.66 bits per heavy atom. The van der Waals surface area contributed by atoms with Crippen LogP contribution in [-0.2, 0) is 21.2 Å². The van der Waals surface area contributed by atoms with Gasteiger partial charge in [0.15, 0.2) is 0 Å². The van der Waals surface area contributed by atoms with Gasteiger partial charge in [-0.05, 0) is 61.6 Å². The summed E-state index contributed by atoms with van der Waals surface area (Å²) in [7, 11) is -3.94. The normalized spacial score (nSPS) is 24.3. The maximum Gasteiger partial charge on any atom is 0.263 e. The number of halogens is 4. The lowest BCUT2D eigenvalue weighted by molar-refractivity contribution is 0.161. The van der Waals surface area contributed by atoms with Crippen molar-refractivity contribution in [3.63, 3.8) is 0 Å². The summed E-state index contributed by atoms with van der Waals surface area (Å²) in [6.07, 6.45) is 8.88. The fourth-order valence-electron chi connectivity index (χ4n) is 3.72. The van der Waals surface area contributed by atoms with Gasteiger partial charge < -0.3 is 4.74 Å². The molecule has 0 saturated carbocycles. The van der Waals surface area contributed by atoms with Crippen LogP contribution in [0.5, 0.6) is 0 Å². The first kappa shape index (κ1) is 26.1. The van der Waals surface area contributed by atoms with Crippen molar-refractivity contribution in [1.29, 1.82) is 0 Å². The molecule has 0 aromatic heterocycles. The van der Waals surface area contributed by atoms with Gasteiger partial charge in [-0.2, -0.15) is 0 Å². The summed E-state index contributed by atoms with van der Waals surface area (Å²) in [5.41, 5.74) is 2.44. The van der Waals surface area contributed by atoms with Gasteiger partial charge in [-0.25, -0.2) is 8.42 Å². The van der Waals surface area contributed by atoms with Gasteiger partial charge in [0.2, 0.25) is 0 Å². The molecule has 0 bridgehead atoms. The van der Waals surface area contributed by atoms with Gasteiger partial charge in [0.25, 0.3) is 10.0 Å². The molecule has 1 heterocycles. The van der Waals surface area contributed by atoms with E-state index in [0.717, 1.165) is 24.1 Å². The van der Waals surface area contributed by atoms with Gasteiger partial charge in [-0.3, -0.25) is 9.71 Å². The van der Waals surface area contributed by atoms with Gasteiger partial charge in [0.05, 0.1) is 15.7 Å². The van der Waals surface area contributed by atoms with Crippen LogP contribution in [0.4, 0.5) is 5.69 Å². The highest BCUT2D eigenvalue weighted by Crippen LogP contribution is 2.31. The van der Waals surface area contributed by atoms with Crippen molar-refractivity contribution in [1.82, 2.24) is 4.72 Å². The summed E-state index contributed by atoms with van der Waals surface area (Å²) >= 11 is 25.2. The minimum Gasteiger partial charge on any atom is -0.486 e. The Bertz CT molecular complexity index is 1340. The number of aryl methyl sites for hydroxylation is 1. The number of fused-ring (bicyclic) bond motifs is 1. The first-order chi connectivity index (χ1) is 16.7. The number of nitrogens with one attached hydrogen (secondary N) is 1. The number of benzene rings is 2. The van der Waals surface area contributed by atoms with Crippen molar-refractivity contribution < 1.29 is 13.2 Å². The van der Waals surface area contributed by atoms with Crippen molar-refractivity contribution in [3.05, 3.63) is 92.8 Å². The second kappa shape index (κ2) is 11.4. The SMILES string of the molecule is O=S(=O)(N/C1=C/CC/C(Cl)=C(/OC2C=Nc3ccccc3CC2)C(Cl)C=C1)c1ccc(Cl)cc1Cl. The number of aliphatic imine (C=N–C) groups is 1. The van der Waals surface area contributed by atoms with E-state index in [2.05, 4.69) is 15.8 Å². The van der Waals surface area contributed by atoms with E-state index in [1.807, 2.05) is 18.2 Å². The van der Waals surface area contributed by atoms with Crippen LogP contribution in [-0.4, -0.2) is 26.1 Å². The molecule has 0 radical (unpaired) electrons. The molecular weight excluding hydrogens is 550 g/mol. The number of rotatable bonds is 5. The molecule has 4 rings (SSSR count). The molecule has 2 atom stereocenters. The molecule has 0 saturated heterocycles. The van der Waals surface area contributed by atoms with E-state index in [1.165, 1.54) is 18.2 Å². The van der Waals surface area contributed by atoms with Gasteiger partial charge in [0, 0.05) is 16.9 Å². The lowest BCUT2D eigenvalue weighted by atomic mass is 10.1. The molecule has 2 unspecified atom stereocenters. The maximum atomic E-state index is 12.9. The molecule has 1 N–H and O–H groups in total. The summed E-state index contributed by atoms with van der Waals surface area (Å²) in [6, 6.07) is 12.2. The molecule has 35 heavy (non-hydrogen) atoms. The van der Waals surface area contributed by atoms with E-state index < -0.39 is 15.4 Å². The Kier molecular flexibility index (Phi) is 8.50. The Hall–Kier alpha value is -1.96. The average molecular weight is 572 g/mol. The molecule has 1 aliphatic heterocycles. The fourth-order valence-corrected chi connectivity index (χ4v) is 6.15. The van der Waals surface area contributed by atoms with Crippen molar-refractivity contribution in [2.24, 2.45) is 4.99 Å². The quantitative estimate of drug-likeness (QED) is 0.383. The van der Waals surface area contributed by atoms with Gasteiger partial charge in [0.1, 0.15) is 22.1 Å². The monoisotopic (exact) mass is 570 g/mol. The van der Waals surface area contributed by atoms with E-state index in [0.29, 0.717) is 34.4 Å². The smallest absolute Gasteiger partial charge is 0.263 e. The van der Waals surface area contributed by atoms with E-state index >= 15 is 0 Å². The number of allylic oxidation sites excluding steroid dienone is 4. The van der Waals surface area contributed by atoms with Crippen molar-refractivity contribution >= 4 is 68.3 Å². The molecular formula is C25H22Cl4N2O3S. The Morgan fingerprint density at radius 1 is 1.06 bits per heavy atom. The summed E-state index contributed by atoms with van der Waals surface area (Å²) in [5, 5.41) is 0.148. The molecule has 0 spiro atoms. The topological polar surface area (TPSA) is 67.8 Å². The number of alkyl halides is 1. The highest BCUT2D eigenvalue weighted by molar-refractivity contribution is 7.89. The number of nitrogens with zero attached hydrogens (tertiary/aromatic N) is 1. The molecule has 2 aromatic carbocycles. The molecule has 2 aromatic rings. The first-order valence-electron chi connectivity index (χ1n) is 10.9. The predicted octanol–water partition coefficient (Wildman–Crippen LogP) is 7.30. The van der Waals surface area contributed by atoms with Crippen molar-refractivity contribution in [2.45, 2.75) is 42.1 Å². The summed E-state index contributed by atoms with van der Waals surface area (Å²) in [5.74, 6) is 0.435. The number of hydrogen-bond donors (Lipinski definition) is 1. The van der Waals surface area contributed by atoms with Crippen LogP contribution < -0.4 is 4.72 Å². The largest absolute Gasteiger partial charge is 0.486 e. The highest BCUT2D eigenvalue weighted by Gasteiger charge is 2.23. The number of sulfonamides is 1. The van der Waals surface area contributed by atoms with Crippen LogP contribution in [0.15, 0.2) is 87.1 Å². The third-order valence-corrected chi connectivity index (χ3v) is 8.29. The summed E-state index contributed by atoms with van der Waals surface area (Å²) in [6.45, 7) is 0. The summed E-state index contributed by atoms with van der Waals surface area (Å²) in [4.78, 5) is 4.48. The first-order valence-corrected chi connectivity index (χ1v) is 14.0. The molecule has 5 nitrogen and oxygen atoms in total. The van der Waals surface area contributed by atoms with Gasteiger partial charge in [-0.15, -0.1) is 11.6 Å². The van der Waals surface area contributed by atoms with E-state index in [4.69, 9.17) is 51.1 Å². The van der Waals surface area contributed by atoms with Crippen LogP contribution in [0.2, 0.25) is 10.0 Å². The van der Waals surface area contributed by atoms with E-state index in [9.17, 15) is 8.42 Å². The third-order valence-electron chi connectivity index (χ3n) is 5.47. The third kappa shape index (κ3) is 6.63. The van der Waals surface area contributed by atoms with E-state index in [-0.39, 0.29) is 16.0 Å². The Balaban J connectivity index is 1.49. The molecule has 184 valence electrons. The molecule has 1 aliphatic carbocycles. The molecule has 2 aliphatic rings. The second-order valence-corrected chi connectivity index (χ2v) is 11.4. The number of ether oxygens (including phenoxy) is 1. The zero-order chi connectivity index (χ0) is 25.0. The van der Waals surface area contributed by atoms with Crippen molar-refractivity contribution in [2.75, 3.05) is 0 Å². The zero-order valence-electron chi connectivity index (χ0n) is 18.4. The fraction of sp³-hybridized carbons (Fsp3) is 0.240. The minimum atomic E-state index is -3.94. The predicted molar refractivity (Wildman–Crippen MR) is 144 cm³/mol. The second-order valence-electron chi connectivity index (χ2n) is 8.01. The minimum absolute atomic E-state index is 0.0282. The van der Waals surface area contributed by atoms with Crippen LogP contribution in [0.1, 0.15) is 24.8 Å². The standard InChI is InChI=1S/C25H22Cl4N2O3S/c26-17-9-13-24(22(29)14-17)35(32,33)31-18-5-3-6-20(27)25(21(28)12-10-18)34-19-11-8-16-4-1-2-7-23(16)30-15-19/h1-2,4-5,7,9-10,12-15,19,21,31H,3,6,8,11H2/b12-10?,18-5+,25-20-. The van der Waals surface area contributed by atoms with Crippen molar-refractivity contribution in [3.8, 4) is 0 Å². The Morgan fingerprint density at radius 2 is 1.86 bits per heavy atom. The molecule has 0 amide bonds. The zero-order valence-corrected chi connectivity index (χ0v) is 22.3. The van der Waals surface area contributed by atoms with Crippen LogP contribution >= 0.6 is 46.4 Å². The Labute approximate surface area is 225 Å². The lowest BCUT2D eigenvalue weighted by Gasteiger charge is -2.20. The summed E-state index contributed by atoms with van der Waals surface area (Å²) < 4.78 is 34.6. The number of para-hydroxylation sites is 1. The maximum absolute atomic E-state index is 12.9. The lowest BCUT2D eigenvalue weighted by Crippen LogP contribution is -2.23. The van der Waals surface area contributed by atoms with Gasteiger partial charge in [-0.1, -0.05) is 65.2 Å².